The van der Waals surface area contributed by atoms with Gasteiger partial charge >= 0.3 is 0 Å². The van der Waals surface area contributed by atoms with E-state index in [4.69, 9.17) is 0 Å². The van der Waals surface area contributed by atoms with E-state index >= 15 is 0 Å². The Morgan fingerprint density at radius 1 is 0.700 bits per heavy atom. The molecular weight excluding hydrogens is 378 g/mol. The minimum Gasteiger partial charge on any atom is -0.320 e. The number of likely N-dealkylation sites (N-methyl/N-ethyl adjacent to an activating group) is 2. The molecule has 0 spiro atoms. The lowest BCUT2D eigenvalue weighted by molar-refractivity contribution is -0.120. The van der Waals surface area contributed by atoms with Gasteiger partial charge in [-0.1, -0.05) is 61.8 Å². The Morgan fingerprint density at radius 2 is 1.07 bits per heavy atom. The third-order valence-corrected chi connectivity index (χ3v) is 3.42. The van der Waals surface area contributed by atoms with Crippen molar-refractivity contribution in [2.45, 2.75) is 113 Å². The molecule has 0 fully saturated rings. The van der Waals surface area contributed by atoms with Crippen LogP contribution in [0, 0.1) is 0 Å². The van der Waals surface area contributed by atoms with Crippen LogP contribution in [0.25, 0.3) is 0 Å². The fraction of sp³-hybridized carbons (Fsp3) is 0.875. The number of rotatable bonds is 12. The van der Waals surface area contributed by atoms with Gasteiger partial charge in [-0.25, -0.2) is 0 Å². The van der Waals surface area contributed by atoms with E-state index in [-0.39, 0.29) is 23.7 Å². The second-order valence-corrected chi connectivity index (χ2v) is 5.25. The van der Waals surface area contributed by atoms with Crippen molar-refractivity contribution in [2.24, 2.45) is 0 Å². The van der Waals surface area contributed by atoms with Crippen molar-refractivity contribution in [2.75, 3.05) is 27.7 Å². The first-order valence-electron chi connectivity index (χ1n) is 11.9. The highest BCUT2D eigenvalue weighted by Gasteiger charge is 2.10. The summed E-state index contributed by atoms with van der Waals surface area (Å²) in [7, 11) is 5.50. The molecular formula is C24H57N3O3. The van der Waals surface area contributed by atoms with Crippen LogP contribution in [0.4, 0.5) is 0 Å². The number of hydrogen-bond donors (Lipinski definition) is 3. The molecule has 0 bridgehead atoms. The van der Waals surface area contributed by atoms with E-state index in [9.17, 15) is 14.4 Å². The van der Waals surface area contributed by atoms with Gasteiger partial charge in [0.25, 0.3) is 0 Å². The summed E-state index contributed by atoms with van der Waals surface area (Å²) in [6, 6.07) is -0.0907. The summed E-state index contributed by atoms with van der Waals surface area (Å²) in [5.74, 6) is 0.325. The summed E-state index contributed by atoms with van der Waals surface area (Å²) in [6.45, 7) is 20.2. The molecule has 0 aliphatic rings. The molecule has 0 rings (SSSR count). The first kappa shape index (κ1) is 42.9. The maximum absolute atomic E-state index is 11.0. The topological polar surface area (TPSA) is 87.3 Å². The molecule has 0 saturated heterocycles. The molecule has 6 heteroatoms. The van der Waals surface area contributed by atoms with Gasteiger partial charge in [0, 0.05) is 6.42 Å². The monoisotopic (exact) mass is 435 g/mol. The Labute approximate surface area is 189 Å². The normalized spacial score (nSPS) is 10.2. The van der Waals surface area contributed by atoms with Crippen molar-refractivity contribution in [1.82, 2.24) is 16.0 Å². The van der Waals surface area contributed by atoms with Crippen LogP contribution in [0.15, 0.2) is 0 Å². The van der Waals surface area contributed by atoms with E-state index in [2.05, 4.69) is 16.0 Å². The molecule has 0 saturated carbocycles. The van der Waals surface area contributed by atoms with E-state index in [1.54, 1.807) is 14.0 Å². The lowest BCUT2D eigenvalue weighted by Gasteiger charge is -2.11. The van der Waals surface area contributed by atoms with Gasteiger partial charge in [0.2, 0.25) is 0 Å². The zero-order valence-corrected chi connectivity index (χ0v) is 22.7. The molecule has 0 amide bonds. The lowest BCUT2D eigenvalue weighted by Crippen LogP contribution is -2.32. The summed E-state index contributed by atoms with van der Waals surface area (Å²) in [5.41, 5.74) is 0. The highest BCUT2D eigenvalue weighted by molar-refractivity contribution is 5.81. The molecule has 0 aliphatic heterocycles. The standard InChI is InChI=1S/C9H20N2O.C7H13NO2.4C2H6/c1-8(12)9(11-3)6-4-5-7-10-2;1-6(10)7(8-2)4-3-5-9;4*1-2/h9-11H,4-7H2,1-3H3;5,7-8H,3-4H2,1-2H3;4*1-2H3/t9-;7-;;;;/m00..../s1. The van der Waals surface area contributed by atoms with Crippen LogP contribution in [-0.4, -0.2) is 57.6 Å². The molecule has 186 valence electrons. The van der Waals surface area contributed by atoms with Crippen LogP contribution in [0.3, 0.4) is 0 Å². The number of Topliss-reactive ketones (excluding diaryl/α,β-unsaturated/α-hetero) is 2. The van der Waals surface area contributed by atoms with Crippen LogP contribution in [0.5, 0.6) is 0 Å². The van der Waals surface area contributed by atoms with Crippen molar-refractivity contribution in [3.63, 3.8) is 0 Å². The molecule has 0 heterocycles. The van der Waals surface area contributed by atoms with Gasteiger partial charge in [-0.2, -0.15) is 0 Å². The third kappa shape index (κ3) is 41.3. The number of aldehydes is 1. The highest BCUT2D eigenvalue weighted by Crippen LogP contribution is 2.00. The predicted molar refractivity (Wildman–Crippen MR) is 136 cm³/mol. The van der Waals surface area contributed by atoms with E-state index in [0.717, 1.165) is 32.1 Å². The molecule has 6 nitrogen and oxygen atoms in total. The Hall–Kier alpha value is -1.11. The summed E-state index contributed by atoms with van der Waals surface area (Å²) in [6.07, 6.45) is 5.08. The highest BCUT2D eigenvalue weighted by atomic mass is 16.1. The fourth-order valence-corrected chi connectivity index (χ4v) is 1.99. The maximum Gasteiger partial charge on any atom is 0.146 e. The van der Waals surface area contributed by atoms with E-state index in [1.807, 2.05) is 69.5 Å². The van der Waals surface area contributed by atoms with Crippen molar-refractivity contribution >= 4 is 17.9 Å². The van der Waals surface area contributed by atoms with Crippen molar-refractivity contribution < 1.29 is 14.4 Å². The van der Waals surface area contributed by atoms with Gasteiger partial charge in [-0.05, 0) is 60.8 Å². The lowest BCUT2D eigenvalue weighted by atomic mass is 10.1. The van der Waals surface area contributed by atoms with Crippen LogP contribution >= 0.6 is 0 Å². The second kappa shape index (κ2) is 46.2. The number of carbonyl (C=O) groups excluding carboxylic acids is 3. The Kier molecular flexibility index (Phi) is 66.1. The Morgan fingerprint density at radius 3 is 1.33 bits per heavy atom. The van der Waals surface area contributed by atoms with E-state index in [1.165, 1.54) is 6.92 Å². The molecule has 0 aliphatic carbocycles. The summed E-state index contributed by atoms with van der Waals surface area (Å²) >= 11 is 0. The summed E-state index contributed by atoms with van der Waals surface area (Å²) in [5, 5.41) is 8.92. The number of nitrogens with one attached hydrogen (secondary N) is 3. The molecule has 0 aromatic heterocycles. The van der Waals surface area contributed by atoms with Crippen molar-refractivity contribution in [3.8, 4) is 0 Å². The van der Waals surface area contributed by atoms with Gasteiger partial charge in [0.15, 0.2) is 0 Å². The molecule has 0 unspecified atom stereocenters. The molecule has 30 heavy (non-hydrogen) atoms. The average Bonchev–Trinajstić information content (AvgIpc) is 2.80. The number of ketones is 2. The van der Waals surface area contributed by atoms with E-state index < -0.39 is 0 Å². The predicted octanol–water partition coefficient (Wildman–Crippen LogP) is 4.80. The van der Waals surface area contributed by atoms with Crippen LogP contribution in [0.2, 0.25) is 0 Å². The molecule has 2 atom stereocenters. The molecule has 0 aromatic carbocycles. The Balaban J connectivity index is -0.0000000722. The van der Waals surface area contributed by atoms with E-state index in [0.29, 0.717) is 12.8 Å². The quantitative estimate of drug-likeness (QED) is 0.301. The SMILES string of the molecule is CC.CC.CC.CC.CNCCCC[C@H](NC)C(C)=O.CN[C@@H](CCC=O)C(C)=O. The molecule has 0 aromatic rings. The largest absolute Gasteiger partial charge is 0.320 e. The van der Waals surface area contributed by atoms with Gasteiger partial charge in [-0.15, -0.1) is 0 Å². The molecule has 0 radical (unpaired) electrons. The summed E-state index contributed by atoms with van der Waals surface area (Å²) in [4.78, 5) is 31.6. The van der Waals surface area contributed by atoms with Crippen molar-refractivity contribution in [1.29, 1.82) is 0 Å². The number of hydrogen-bond acceptors (Lipinski definition) is 6. The van der Waals surface area contributed by atoms with Gasteiger partial charge < -0.3 is 20.7 Å². The third-order valence-electron chi connectivity index (χ3n) is 3.42. The second-order valence-electron chi connectivity index (χ2n) is 5.25. The number of carbonyl (C=O) groups is 3. The van der Waals surface area contributed by atoms with Crippen molar-refractivity contribution in [3.05, 3.63) is 0 Å². The minimum atomic E-state index is -0.148. The van der Waals surface area contributed by atoms with Gasteiger partial charge in [0.05, 0.1) is 12.1 Å². The minimum absolute atomic E-state index is 0.0573. The first-order chi connectivity index (χ1) is 14.4. The van der Waals surface area contributed by atoms with Crippen LogP contribution in [-0.2, 0) is 14.4 Å². The summed E-state index contributed by atoms with van der Waals surface area (Å²) < 4.78 is 0. The zero-order chi connectivity index (χ0) is 25.4. The smallest absolute Gasteiger partial charge is 0.146 e. The van der Waals surface area contributed by atoms with Gasteiger partial charge in [-0.3, -0.25) is 9.59 Å². The molecule has 3 N–H and O–H groups in total. The van der Waals surface area contributed by atoms with Crippen LogP contribution < -0.4 is 16.0 Å². The average molecular weight is 436 g/mol. The van der Waals surface area contributed by atoms with Crippen LogP contribution in [0.1, 0.15) is 101 Å². The Bertz CT molecular complexity index is 312. The fourth-order valence-electron chi connectivity index (χ4n) is 1.99. The maximum atomic E-state index is 11.0. The number of unbranched alkanes of at least 4 members (excludes halogenated alkanes) is 1. The first-order valence-corrected chi connectivity index (χ1v) is 11.9. The zero-order valence-electron chi connectivity index (χ0n) is 22.7. The van der Waals surface area contributed by atoms with Gasteiger partial charge in [0.1, 0.15) is 17.9 Å².